The van der Waals surface area contributed by atoms with Crippen LogP contribution in [0.25, 0.3) is 0 Å². The third kappa shape index (κ3) is 3.80. The van der Waals surface area contributed by atoms with Crippen molar-refractivity contribution in [3.63, 3.8) is 0 Å². The third-order valence-electron chi connectivity index (χ3n) is 1.61. The van der Waals surface area contributed by atoms with Gasteiger partial charge in [0, 0.05) is 12.7 Å². The molecule has 72 valence electrons. The Kier molecular flexibility index (Phi) is 4.92. The van der Waals surface area contributed by atoms with Crippen molar-refractivity contribution < 1.29 is 9.90 Å². The minimum absolute atomic E-state index is 0. The summed E-state index contributed by atoms with van der Waals surface area (Å²) < 4.78 is 0. The van der Waals surface area contributed by atoms with Gasteiger partial charge in [-0.2, -0.15) is 0 Å². The molecule has 0 saturated carbocycles. The number of carbonyl (C=O) groups is 1. The second-order valence-electron chi connectivity index (χ2n) is 2.55. The molecule has 0 spiro atoms. The van der Waals surface area contributed by atoms with Gasteiger partial charge in [0.15, 0.2) is 0 Å². The highest BCUT2D eigenvalue weighted by molar-refractivity contribution is 5.85. The number of allylic oxidation sites excluding steroid dienone is 3. The zero-order valence-electron chi connectivity index (χ0n) is 7.14. The number of carboxylic acids is 1. The molecule has 4 heteroatoms. The summed E-state index contributed by atoms with van der Waals surface area (Å²) in [6, 6.07) is 0. The first-order chi connectivity index (χ1) is 5.72. The Hall–Kier alpha value is -1.22. The van der Waals surface area contributed by atoms with Crippen LogP contribution in [0.1, 0.15) is 0 Å². The number of carboxylic acid groups (broad SMARTS) is 1. The Morgan fingerprint density at radius 2 is 2.46 bits per heavy atom. The van der Waals surface area contributed by atoms with Crippen LogP contribution in [0.2, 0.25) is 0 Å². The lowest BCUT2D eigenvalue weighted by atomic mass is 10.2. The van der Waals surface area contributed by atoms with Crippen LogP contribution in [0.3, 0.4) is 0 Å². The van der Waals surface area contributed by atoms with E-state index < -0.39 is 5.97 Å². The zero-order chi connectivity index (χ0) is 8.97. The average Bonchev–Trinajstić information content (AvgIpc) is 2.05. The van der Waals surface area contributed by atoms with Crippen molar-refractivity contribution in [1.29, 1.82) is 0 Å². The van der Waals surface area contributed by atoms with Crippen molar-refractivity contribution in [2.75, 3.05) is 13.1 Å². The molecular weight excluding hydrogens is 190 g/mol. The van der Waals surface area contributed by atoms with Gasteiger partial charge in [-0.3, -0.25) is 4.79 Å². The first-order valence-electron chi connectivity index (χ1n) is 3.69. The number of hydrogen-bond donors (Lipinski definition) is 1. The van der Waals surface area contributed by atoms with Gasteiger partial charge in [-0.1, -0.05) is 18.7 Å². The van der Waals surface area contributed by atoms with Gasteiger partial charge in [0.2, 0.25) is 0 Å². The van der Waals surface area contributed by atoms with Crippen molar-refractivity contribution in [3.05, 3.63) is 36.6 Å². The van der Waals surface area contributed by atoms with Crippen LogP contribution in [0.15, 0.2) is 36.6 Å². The highest BCUT2D eigenvalue weighted by Crippen LogP contribution is 2.06. The maximum atomic E-state index is 10.3. The first kappa shape index (κ1) is 11.8. The minimum atomic E-state index is -0.810. The summed E-state index contributed by atoms with van der Waals surface area (Å²) >= 11 is 0. The Balaban J connectivity index is 0.00000144. The summed E-state index contributed by atoms with van der Waals surface area (Å²) in [5.41, 5.74) is 1.04. The predicted octanol–water partition coefficient (Wildman–Crippen LogP) is 1.43. The van der Waals surface area contributed by atoms with Gasteiger partial charge in [0.25, 0.3) is 0 Å². The monoisotopic (exact) mass is 201 g/mol. The molecule has 1 aliphatic rings. The molecule has 0 saturated heterocycles. The van der Waals surface area contributed by atoms with Gasteiger partial charge in [-0.25, -0.2) is 0 Å². The molecule has 13 heavy (non-hydrogen) atoms. The van der Waals surface area contributed by atoms with E-state index in [-0.39, 0.29) is 19.0 Å². The van der Waals surface area contributed by atoms with Gasteiger partial charge < -0.3 is 10.0 Å². The van der Waals surface area contributed by atoms with Gasteiger partial charge in [0.05, 0.1) is 0 Å². The SMILES string of the molecule is C=CC1=CCN(CC(=O)O)C=C1.Cl. The van der Waals surface area contributed by atoms with E-state index >= 15 is 0 Å². The van der Waals surface area contributed by atoms with Crippen LogP contribution in [0, 0.1) is 0 Å². The molecule has 0 aromatic carbocycles. The van der Waals surface area contributed by atoms with Crippen molar-refractivity contribution in [1.82, 2.24) is 4.90 Å². The molecule has 0 aromatic heterocycles. The zero-order valence-corrected chi connectivity index (χ0v) is 7.96. The third-order valence-corrected chi connectivity index (χ3v) is 1.61. The lowest BCUT2D eigenvalue weighted by Crippen LogP contribution is -2.26. The van der Waals surface area contributed by atoms with Crippen LogP contribution in [0.4, 0.5) is 0 Å². The number of rotatable bonds is 3. The van der Waals surface area contributed by atoms with E-state index in [4.69, 9.17) is 5.11 Å². The molecule has 1 aliphatic heterocycles. The van der Waals surface area contributed by atoms with E-state index in [2.05, 4.69) is 6.58 Å². The normalized spacial score (nSPS) is 14.5. The molecule has 0 atom stereocenters. The lowest BCUT2D eigenvalue weighted by Gasteiger charge is -2.19. The summed E-state index contributed by atoms with van der Waals surface area (Å²) in [5, 5.41) is 8.47. The van der Waals surface area contributed by atoms with Crippen LogP contribution in [-0.2, 0) is 4.79 Å². The van der Waals surface area contributed by atoms with Crippen LogP contribution in [-0.4, -0.2) is 29.1 Å². The minimum Gasteiger partial charge on any atom is -0.480 e. The topological polar surface area (TPSA) is 40.5 Å². The van der Waals surface area contributed by atoms with E-state index in [1.807, 2.05) is 12.2 Å². The molecule has 0 bridgehead atoms. The smallest absolute Gasteiger partial charge is 0.323 e. The van der Waals surface area contributed by atoms with Gasteiger partial charge in [-0.15, -0.1) is 12.4 Å². The van der Waals surface area contributed by atoms with E-state index in [1.165, 1.54) is 0 Å². The van der Waals surface area contributed by atoms with Gasteiger partial charge in [0.1, 0.15) is 6.54 Å². The van der Waals surface area contributed by atoms with E-state index in [0.717, 1.165) is 5.57 Å². The number of hydrogen-bond acceptors (Lipinski definition) is 2. The van der Waals surface area contributed by atoms with E-state index in [0.29, 0.717) is 6.54 Å². The van der Waals surface area contributed by atoms with Gasteiger partial charge in [-0.05, 0) is 11.6 Å². The fourth-order valence-corrected chi connectivity index (χ4v) is 0.985. The number of aliphatic carboxylic acids is 1. The summed E-state index contributed by atoms with van der Waals surface area (Å²) in [5.74, 6) is -0.810. The Morgan fingerprint density at radius 1 is 1.77 bits per heavy atom. The Labute approximate surface area is 83.5 Å². The predicted molar refractivity (Wildman–Crippen MR) is 53.9 cm³/mol. The quantitative estimate of drug-likeness (QED) is 0.751. The van der Waals surface area contributed by atoms with E-state index in [1.54, 1.807) is 17.2 Å². The van der Waals surface area contributed by atoms with Crippen molar-refractivity contribution in [2.45, 2.75) is 0 Å². The fourth-order valence-electron chi connectivity index (χ4n) is 0.985. The van der Waals surface area contributed by atoms with Crippen LogP contribution in [0.5, 0.6) is 0 Å². The molecule has 0 aliphatic carbocycles. The maximum absolute atomic E-state index is 10.3. The largest absolute Gasteiger partial charge is 0.480 e. The molecule has 0 unspecified atom stereocenters. The van der Waals surface area contributed by atoms with Crippen LogP contribution < -0.4 is 0 Å². The molecule has 1 rings (SSSR count). The Bertz CT molecular complexity index is 258. The first-order valence-corrected chi connectivity index (χ1v) is 3.69. The molecule has 0 radical (unpaired) electrons. The molecule has 0 aromatic rings. The standard InChI is InChI=1S/C9H11NO2.ClH/c1-2-8-3-5-10(6-4-8)7-9(11)12;/h2-5H,1,6-7H2,(H,11,12);1H. The lowest BCUT2D eigenvalue weighted by molar-refractivity contribution is -0.137. The number of nitrogens with zero attached hydrogens (tertiary/aromatic N) is 1. The van der Waals surface area contributed by atoms with Crippen LogP contribution >= 0.6 is 12.4 Å². The second-order valence-corrected chi connectivity index (χ2v) is 2.55. The summed E-state index contributed by atoms with van der Waals surface area (Å²) in [6.07, 6.45) is 7.30. The van der Waals surface area contributed by atoms with Crippen molar-refractivity contribution in [3.8, 4) is 0 Å². The second kappa shape index (κ2) is 5.43. The summed E-state index contributed by atoms with van der Waals surface area (Å²) in [7, 11) is 0. The van der Waals surface area contributed by atoms with E-state index in [9.17, 15) is 4.79 Å². The highest BCUT2D eigenvalue weighted by Gasteiger charge is 2.05. The molecule has 0 amide bonds. The molecule has 1 heterocycles. The Morgan fingerprint density at radius 3 is 2.85 bits per heavy atom. The number of halogens is 1. The van der Waals surface area contributed by atoms with Gasteiger partial charge >= 0.3 is 5.97 Å². The maximum Gasteiger partial charge on any atom is 0.323 e. The van der Waals surface area contributed by atoms with Crippen molar-refractivity contribution in [2.24, 2.45) is 0 Å². The molecular formula is C9H12ClNO2. The molecule has 0 fully saturated rings. The summed E-state index contributed by atoms with van der Waals surface area (Å²) in [4.78, 5) is 12.0. The molecule has 3 nitrogen and oxygen atoms in total. The van der Waals surface area contributed by atoms with Crippen molar-refractivity contribution >= 4 is 18.4 Å². The average molecular weight is 202 g/mol. The highest BCUT2D eigenvalue weighted by atomic mass is 35.5. The summed E-state index contributed by atoms with van der Waals surface area (Å²) in [6.45, 7) is 4.31. The molecule has 1 N–H and O–H groups in total. The fraction of sp³-hybridized carbons (Fsp3) is 0.222.